The first-order chi connectivity index (χ1) is 14.8. The molecule has 0 spiro atoms. The fraction of sp³-hybridized carbons (Fsp3) is 0.190. The highest BCUT2D eigenvalue weighted by molar-refractivity contribution is 7.92. The molecule has 2 aromatic carbocycles. The molecule has 2 N–H and O–H groups in total. The van der Waals surface area contributed by atoms with Gasteiger partial charge in [-0.3, -0.25) is 9.52 Å². The van der Waals surface area contributed by atoms with Crippen molar-refractivity contribution in [3.05, 3.63) is 66.5 Å². The van der Waals surface area contributed by atoms with Crippen LogP contribution in [0.15, 0.2) is 65.8 Å². The summed E-state index contributed by atoms with van der Waals surface area (Å²) in [4.78, 5) is 20.1. The third-order valence-corrected chi connectivity index (χ3v) is 5.60. The lowest BCUT2D eigenvalue weighted by molar-refractivity contribution is -0.122. The Morgan fingerprint density at radius 2 is 1.71 bits per heavy atom. The van der Waals surface area contributed by atoms with E-state index in [2.05, 4.69) is 20.0 Å². The van der Waals surface area contributed by atoms with Gasteiger partial charge in [0.05, 0.1) is 12.0 Å². The van der Waals surface area contributed by atoms with Crippen molar-refractivity contribution >= 4 is 27.4 Å². The summed E-state index contributed by atoms with van der Waals surface area (Å²) in [5.41, 5.74) is 1.53. The van der Waals surface area contributed by atoms with E-state index in [0.717, 1.165) is 5.56 Å². The van der Waals surface area contributed by atoms with E-state index in [0.29, 0.717) is 11.4 Å². The number of carbonyl (C=O) groups excluding carboxylic acids is 1. The maximum Gasteiger partial charge on any atom is 0.265 e. The van der Waals surface area contributed by atoms with Crippen LogP contribution in [-0.4, -0.2) is 37.5 Å². The van der Waals surface area contributed by atoms with Gasteiger partial charge in [-0.05, 0) is 50.2 Å². The van der Waals surface area contributed by atoms with Crippen LogP contribution in [0.3, 0.4) is 0 Å². The highest BCUT2D eigenvalue weighted by atomic mass is 32.2. The molecule has 0 radical (unpaired) electrons. The number of aromatic nitrogens is 2. The largest absolute Gasteiger partial charge is 0.481 e. The number of anilines is 2. The Hall–Kier alpha value is -3.66. The van der Waals surface area contributed by atoms with E-state index in [1.165, 1.54) is 43.8 Å². The van der Waals surface area contributed by atoms with Crippen LogP contribution < -0.4 is 19.5 Å². The molecule has 1 atom stereocenters. The zero-order valence-corrected chi connectivity index (χ0v) is 18.0. The van der Waals surface area contributed by atoms with E-state index in [1.807, 2.05) is 19.1 Å². The Morgan fingerprint density at radius 1 is 1.03 bits per heavy atom. The summed E-state index contributed by atoms with van der Waals surface area (Å²) in [7, 11) is -2.46. The highest BCUT2D eigenvalue weighted by Gasteiger charge is 2.18. The molecule has 9 nitrogen and oxygen atoms in total. The molecule has 162 valence electrons. The molecule has 1 heterocycles. The van der Waals surface area contributed by atoms with Crippen LogP contribution in [0.5, 0.6) is 11.6 Å². The molecule has 0 saturated heterocycles. The minimum Gasteiger partial charge on any atom is -0.481 e. The quantitative estimate of drug-likeness (QED) is 0.550. The number of hydrogen-bond donors (Lipinski definition) is 2. The van der Waals surface area contributed by atoms with Gasteiger partial charge in [0.15, 0.2) is 6.10 Å². The maximum atomic E-state index is 12.6. The van der Waals surface area contributed by atoms with Crippen molar-refractivity contribution in [2.45, 2.75) is 24.8 Å². The van der Waals surface area contributed by atoms with Crippen LogP contribution in [0.1, 0.15) is 12.5 Å². The molecule has 3 rings (SSSR count). The number of sulfonamides is 1. The highest BCUT2D eigenvalue weighted by Crippen LogP contribution is 2.19. The van der Waals surface area contributed by atoms with Crippen LogP contribution >= 0.6 is 0 Å². The first kappa shape index (κ1) is 22.0. The minimum absolute atomic E-state index is 0.00651. The molecule has 3 aromatic rings. The summed E-state index contributed by atoms with van der Waals surface area (Å²) < 4.78 is 38.0. The van der Waals surface area contributed by atoms with E-state index in [4.69, 9.17) is 9.47 Å². The predicted octanol–water partition coefficient (Wildman–Crippen LogP) is 3.00. The third kappa shape index (κ3) is 5.92. The van der Waals surface area contributed by atoms with Gasteiger partial charge >= 0.3 is 0 Å². The second-order valence-corrected chi connectivity index (χ2v) is 8.32. The standard InChI is InChI=1S/C21H22N4O5S/c1-14-4-8-17(9-5-14)30-15(2)21(26)24-16-6-10-18(11-7-16)31(27,28)25-19-12-20(29-3)23-13-22-19/h4-13,15H,1-3H3,(H,24,26)(H,22,23,25). The van der Waals surface area contributed by atoms with E-state index in [1.54, 1.807) is 19.1 Å². The van der Waals surface area contributed by atoms with Gasteiger partial charge in [0.2, 0.25) is 5.88 Å². The molecule has 1 amide bonds. The summed E-state index contributed by atoms with van der Waals surface area (Å²) in [5.74, 6) is 0.531. The van der Waals surface area contributed by atoms with E-state index >= 15 is 0 Å². The molecule has 0 fully saturated rings. The Balaban J connectivity index is 1.63. The number of hydrogen-bond acceptors (Lipinski definition) is 7. The van der Waals surface area contributed by atoms with E-state index in [-0.39, 0.29) is 22.5 Å². The number of methoxy groups -OCH3 is 1. The van der Waals surface area contributed by atoms with Gasteiger partial charge in [-0.1, -0.05) is 17.7 Å². The third-order valence-electron chi connectivity index (χ3n) is 4.23. The number of nitrogens with zero attached hydrogens (tertiary/aromatic N) is 2. The van der Waals surface area contributed by atoms with E-state index in [9.17, 15) is 13.2 Å². The van der Waals surface area contributed by atoms with Crippen LogP contribution in [0.2, 0.25) is 0 Å². The van der Waals surface area contributed by atoms with Gasteiger partial charge in [0.1, 0.15) is 17.9 Å². The SMILES string of the molecule is COc1cc(NS(=O)(=O)c2ccc(NC(=O)C(C)Oc3ccc(C)cc3)cc2)ncn1. The lowest BCUT2D eigenvalue weighted by atomic mass is 10.2. The molecule has 10 heteroatoms. The van der Waals surface area contributed by atoms with E-state index < -0.39 is 16.1 Å². The first-order valence-corrected chi connectivity index (χ1v) is 10.8. The van der Waals surface area contributed by atoms with Crippen molar-refractivity contribution in [3.8, 4) is 11.6 Å². The number of aryl methyl sites for hydroxylation is 1. The van der Waals surface area contributed by atoms with Crippen molar-refractivity contribution in [1.29, 1.82) is 0 Å². The lowest BCUT2D eigenvalue weighted by Crippen LogP contribution is -2.30. The number of ether oxygens (including phenoxy) is 2. The Bertz CT molecular complexity index is 1150. The van der Waals surface area contributed by atoms with Crippen LogP contribution in [0.25, 0.3) is 0 Å². The average Bonchev–Trinajstić information content (AvgIpc) is 2.75. The molecule has 0 aliphatic carbocycles. The Kier molecular flexibility index (Phi) is 6.71. The first-order valence-electron chi connectivity index (χ1n) is 9.30. The topological polar surface area (TPSA) is 120 Å². The molecule has 0 saturated carbocycles. The molecular formula is C21H22N4O5S. The van der Waals surface area contributed by atoms with Gasteiger partial charge in [-0.2, -0.15) is 0 Å². The summed E-state index contributed by atoms with van der Waals surface area (Å²) in [6.07, 6.45) is 0.454. The summed E-state index contributed by atoms with van der Waals surface area (Å²) in [6, 6.07) is 14.5. The van der Waals surface area contributed by atoms with Gasteiger partial charge in [-0.25, -0.2) is 18.4 Å². The predicted molar refractivity (Wildman–Crippen MR) is 116 cm³/mol. The zero-order chi connectivity index (χ0) is 22.4. The van der Waals surface area contributed by atoms with Crippen molar-refractivity contribution in [3.63, 3.8) is 0 Å². The van der Waals surface area contributed by atoms with Crippen molar-refractivity contribution in [2.24, 2.45) is 0 Å². The monoisotopic (exact) mass is 442 g/mol. The van der Waals surface area contributed by atoms with Crippen molar-refractivity contribution < 1.29 is 22.7 Å². The molecule has 0 aliphatic heterocycles. The van der Waals surface area contributed by atoms with Crippen molar-refractivity contribution in [1.82, 2.24) is 9.97 Å². The number of rotatable bonds is 8. The van der Waals surface area contributed by atoms with Crippen molar-refractivity contribution in [2.75, 3.05) is 17.1 Å². The molecular weight excluding hydrogens is 420 g/mol. The smallest absolute Gasteiger partial charge is 0.265 e. The van der Waals surface area contributed by atoms with Gasteiger partial charge in [-0.15, -0.1) is 0 Å². The Labute approximate surface area is 180 Å². The lowest BCUT2D eigenvalue weighted by Gasteiger charge is -2.15. The van der Waals surface area contributed by atoms with Gasteiger partial charge in [0, 0.05) is 11.8 Å². The van der Waals surface area contributed by atoms with Crippen LogP contribution in [-0.2, 0) is 14.8 Å². The van der Waals surface area contributed by atoms with Crippen LogP contribution in [0, 0.1) is 6.92 Å². The summed E-state index contributed by atoms with van der Waals surface area (Å²) in [6.45, 7) is 3.59. The molecule has 0 bridgehead atoms. The second kappa shape index (κ2) is 9.43. The average molecular weight is 442 g/mol. The minimum atomic E-state index is -3.88. The fourth-order valence-corrected chi connectivity index (χ4v) is 3.54. The zero-order valence-electron chi connectivity index (χ0n) is 17.2. The maximum absolute atomic E-state index is 12.6. The number of nitrogens with one attached hydrogen (secondary N) is 2. The molecule has 31 heavy (non-hydrogen) atoms. The van der Waals surface area contributed by atoms with Crippen LogP contribution in [0.4, 0.5) is 11.5 Å². The molecule has 1 aromatic heterocycles. The van der Waals surface area contributed by atoms with Gasteiger partial charge < -0.3 is 14.8 Å². The Morgan fingerprint density at radius 3 is 2.35 bits per heavy atom. The molecule has 0 aliphatic rings. The normalized spacial score (nSPS) is 12.0. The number of carbonyl (C=O) groups is 1. The second-order valence-electron chi connectivity index (χ2n) is 6.64. The molecule has 1 unspecified atom stereocenters. The fourth-order valence-electron chi connectivity index (χ4n) is 2.54. The number of amides is 1. The summed E-state index contributed by atoms with van der Waals surface area (Å²) >= 11 is 0. The van der Waals surface area contributed by atoms with Gasteiger partial charge in [0.25, 0.3) is 15.9 Å². The number of benzene rings is 2. The summed E-state index contributed by atoms with van der Waals surface area (Å²) in [5, 5.41) is 2.70.